The zero-order valence-corrected chi connectivity index (χ0v) is 18.8. The summed E-state index contributed by atoms with van der Waals surface area (Å²) in [5.41, 5.74) is 0.0791. The third kappa shape index (κ3) is 4.93. The molecule has 176 valence electrons. The molecule has 3 aromatic rings. The molecule has 3 heterocycles. The van der Waals surface area contributed by atoms with E-state index in [9.17, 15) is 22.8 Å². The van der Waals surface area contributed by atoms with Gasteiger partial charge in [0.2, 0.25) is 5.82 Å². The van der Waals surface area contributed by atoms with Crippen LogP contribution in [0.4, 0.5) is 18.3 Å². The summed E-state index contributed by atoms with van der Waals surface area (Å²) in [5.74, 6) is -1.22. The number of thiazole rings is 1. The van der Waals surface area contributed by atoms with Crippen LogP contribution in [0.1, 0.15) is 30.7 Å². The van der Waals surface area contributed by atoms with E-state index in [1.807, 2.05) is 30.3 Å². The molecule has 0 amide bonds. The Kier molecular flexibility index (Phi) is 6.80. The number of hydrogen-bond donors (Lipinski definition) is 0. The van der Waals surface area contributed by atoms with Gasteiger partial charge in [-0.25, -0.2) is 9.97 Å². The van der Waals surface area contributed by atoms with Crippen molar-refractivity contribution >= 4 is 32.6 Å². The number of aromatic nitrogens is 3. The Bertz CT molecular complexity index is 1190. The highest BCUT2D eigenvalue weighted by molar-refractivity contribution is 7.21. The second-order valence-electron chi connectivity index (χ2n) is 7.84. The molecular formula is C22H23F3N4O3S. The SMILES string of the molecule is COCCn1c(C(F)(F)F)nc2sc(N3CCC[C@@H]3C(=O)CCc3ccccc3)nc2c1=O. The van der Waals surface area contributed by atoms with Crippen molar-refractivity contribution in [2.24, 2.45) is 0 Å². The molecule has 1 saturated heterocycles. The van der Waals surface area contributed by atoms with Crippen LogP contribution in [0, 0.1) is 0 Å². The van der Waals surface area contributed by atoms with E-state index >= 15 is 0 Å². The third-order valence-electron chi connectivity index (χ3n) is 5.65. The number of halogens is 3. The van der Waals surface area contributed by atoms with Crippen LogP contribution in [0.15, 0.2) is 35.1 Å². The fourth-order valence-corrected chi connectivity index (χ4v) is 5.04. The Morgan fingerprint density at radius 1 is 1.24 bits per heavy atom. The summed E-state index contributed by atoms with van der Waals surface area (Å²) in [6, 6.07) is 9.28. The Balaban J connectivity index is 1.62. The molecule has 0 saturated carbocycles. The Morgan fingerprint density at radius 3 is 2.70 bits per heavy atom. The highest BCUT2D eigenvalue weighted by Crippen LogP contribution is 2.34. The monoisotopic (exact) mass is 480 g/mol. The summed E-state index contributed by atoms with van der Waals surface area (Å²) in [5, 5.41) is 0.350. The minimum absolute atomic E-state index is 0.0528. The number of benzene rings is 1. The minimum Gasteiger partial charge on any atom is -0.383 e. The summed E-state index contributed by atoms with van der Waals surface area (Å²) in [7, 11) is 1.34. The van der Waals surface area contributed by atoms with Crippen molar-refractivity contribution in [1.82, 2.24) is 14.5 Å². The zero-order valence-electron chi connectivity index (χ0n) is 18.0. The van der Waals surface area contributed by atoms with Gasteiger partial charge in [0.1, 0.15) is 0 Å². The highest BCUT2D eigenvalue weighted by Gasteiger charge is 2.38. The molecule has 1 fully saturated rings. The van der Waals surface area contributed by atoms with Crippen molar-refractivity contribution in [2.45, 2.75) is 44.4 Å². The molecule has 1 aliphatic heterocycles. The molecule has 0 bridgehead atoms. The molecule has 7 nitrogen and oxygen atoms in total. The van der Waals surface area contributed by atoms with Crippen molar-refractivity contribution in [3.63, 3.8) is 0 Å². The van der Waals surface area contributed by atoms with Crippen LogP contribution < -0.4 is 10.5 Å². The Hall–Kier alpha value is -2.79. The first-order valence-corrected chi connectivity index (χ1v) is 11.4. The first kappa shape index (κ1) is 23.4. The first-order valence-electron chi connectivity index (χ1n) is 10.6. The van der Waals surface area contributed by atoms with Gasteiger partial charge in [0, 0.05) is 20.1 Å². The van der Waals surface area contributed by atoms with Crippen molar-refractivity contribution < 1.29 is 22.7 Å². The zero-order chi connectivity index (χ0) is 23.6. The second-order valence-corrected chi connectivity index (χ2v) is 8.79. The van der Waals surface area contributed by atoms with Crippen molar-refractivity contribution in [1.29, 1.82) is 0 Å². The van der Waals surface area contributed by atoms with Gasteiger partial charge in [0.25, 0.3) is 5.56 Å². The van der Waals surface area contributed by atoms with Gasteiger partial charge in [0.15, 0.2) is 21.3 Å². The van der Waals surface area contributed by atoms with Gasteiger partial charge >= 0.3 is 6.18 Å². The quantitative estimate of drug-likeness (QED) is 0.490. The number of carbonyl (C=O) groups is 1. The molecular weight excluding hydrogens is 457 g/mol. The number of aryl methyl sites for hydroxylation is 1. The van der Waals surface area contributed by atoms with Crippen LogP contribution >= 0.6 is 11.3 Å². The molecule has 2 aromatic heterocycles. The van der Waals surface area contributed by atoms with Gasteiger partial charge in [0.05, 0.1) is 19.2 Å². The maximum atomic E-state index is 13.6. The van der Waals surface area contributed by atoms with Gasteiger partial charge < -0.3 is 9.64 Å². The summed E-state index contributed by atoms with van der Waals surface area (Å²) in [4.78, 5) is 35.5. The van der Waals surface area contributed by atoms with E-state index in [-0.39, 0.29) is 29.3 Å². The Labute approximate surface area is 191 Å². The summed E-state index contributed by atoms with van der Waals surface area (Å²) in [6.07, 6.45) is -2.42. The van der Waals surface area contributed by atoms with E-state index in [0.717, 1.165) is 23.3 Å². The predicted molar refractivity (Wildman–Crippen MR) is 119 cm³/mol. The number of alkyl halides is 3. The number of hydrogen-bond acceptors (Lipinski definition) is 7. The van der Waals surface area contributed by atoms with Gasteiger partial charge in [-0.05, 0) is 24.8 Å². The lowest BCUT2D eigenvalue weighted by molar-refractivity contribution is -0.148. The van der Waals surface area contributed by atoms with Gasteiger partial charge in [-0.15, -0.1) is 0 Å². The van der Waals surface area contributed by atoms with Crippen LogP contribution in [-0.2, 0) is 28.7 Å². The molecule has 0 aliphatic carbocycles. The second kappa shape index (κ2) is 9.60. The topological polar surface area (TPSA) is 77.3 Å². The van der Waals surface area contributed by atoms with Crippen LogP contribution in [0.25, 0.3) is 10.3 Å². The van der Waals surface area contributed by atoms with E-state index in [4.69, 9.17) is 4.74 Å². The third-order valence-corrected chi connectivity index (χ3v) is 6.64. The van der Waals surface area contributed by atoms with E-state index in [2.05, 4.69) is 9.97 Å². The number of rotatable bonds is 8. The largest absolute Gasteiger partial charge is 0.449 e. The Morgan fingerprint density at radius 2 is 2.00 bits per heavy atom. The minimum atomic E-state index is -4.80. The van der Waals surface area contributed by atoms with E-state index in [0.29, 0.717) is 35.5 Å². The maximum absolute atomic E-state index is 13.6. The number of methoxy groups -OCH3 is 1. The molecule has 1 atom stereocenters. The van der Waals surface area contributed by atoms with Gasteiger partial charge in [-0.2, -0.15) is 13.2 Å². The lowest BCUT2D eigenvalue weighted by Crippen LogP contribution is -2.36. The van der Waals surface area contributed by atoms with Gasteiger partial charge in [-0.3, -0.25) is 14.2 Å². The van der Waals surface area contributed by atoms with E-state index in [1.54, 1.807) is 4.90 Å². The standard InChI is InChI=1S/C22H23F3N4O3S/c1-32-13-12-29-19(31)17-18(27-20(29)22(23,24)25)33-21(26-17)28-11-5-8-15(28)16(30)10-9-14-6-3-2-4-7-14/h2-4,6-7,15H,5,8-13H2,1H3/t15-/m1/s1. The molecule has 1 aromatic carbocycles. The van der Waals surface area contributed by atoms with Crippen LogP contribution in [-0.4, -0.2) is 46.6 Å². The molecule has 0 N–H and O–H groups in total. The number of nitrogens with zero attached hydrogens (tertiary/aromatic N) is 4. The summed E-state index contributed by atoms with van der Waals surface area (Å²) >= 11 is 0.914. The van der Waals surface area contributed by atoms with Crippen molar-refractivity contribution in [3.05, 3.63) is 52.1 Å². The lowest BCUT2D eigenvalue weighted by atomic mass is 10.0. The van der Waals surface area contributed by atoms with Crippen LogP contribution in [0.3, 0.4) is 0 Å². The smallest absolute Gasteiger partial charge is 0.383 e. The number of Topliss-reactive ketones (excluding diaryl/α,β-unsaturated/α-hetero) is 1. The number of ketones is 1. The molecule has 33 heavy (non-hydrogen) atoms. The van der Waals surface area contributed by atoms with Crippen LogP contribution in [0.5, 0.6) is 0 Å². The fourth-order valence-electron chi connectivity index (χ4n) is 4.04. The normalized spacial score (nSPS) is 16.6. The number of carbonyl (C=O) groups excluding carboxylic acids is 1. The van der Waals surface area contributed by atoms with Gasteiger partial charge in [-0.1, -0.05) is 41.7 Å². The average molecular weight is 481 g/mol. The van der Waals surface area contributed by atoms with E-state index < -0.39 is 23.6 Å². The fraction of sp³-hybridized carbons (Fsp3) is 0.455. The molecule has 1 aliphatic rings. The van der Waals surface area contributed by atoms with Crippen molar-refractivity contribution in [2.75, 3.05) is 25.2 Å². The summed E-state index contributed by atoms with van der Waals surface area (Å²) < 4.78 is 46.1. The summed E-state index contributed by atoms with van der Waals surface area (Å²) in [6.45, 7) is 0.188. The first-order chi connectivity index (χ1) is 15.8. The molecule has 4 rings (SSSR count). The molecule has 11 heteroatoms. The lowest BCUT2D eigenvalue weighted by Gasteiger charge is -2.22. The highest BCUT2D eigenvalue weighted by atomic mass is 32.1. The van der Waals surface area contributed by atoms with E-state index in [1.165, 1.54) is 7.11 Å². The number of fused-ring (bicyclic) bond motifs is 1. The number of anilines is 1. The van der Waals surface area contributed by atoms with Crippen molar-refractivity contribution in [3.8, 4) is 0 Å². The predicted octanol–water partition coefficient (Wildman–Crippen LogP) is 3.69. The molecule has 0 spiro atoms. The average Bonchev–Trinajstić information content (AvgIpc) is 3.44. The number of ether oxygens (including phenoxy) is 1. The molecule has 0 unspecified atom stereocenters. The maximum Gasteiger partial charge on any atom is 0.449 e. The molecule has 0 radical (unpaired) electrons. The van der Waals surface area contributed by atoms with Crippen LogP contribution in [0.2, 0.25) is 0 Å².